The highest BCUT2D eigenvalue weighted by molar-refractivity contribution is 7.19. The van der Waals surface area contributed by atoms with Crippen molar-refractivity contribution in [2.75, 3.05) is 18.7 Å². The Morgan fingerprint density at radius 3 is 2.18 bits per heavy atom. The molecular formula is C21H23N3O3S. The van der Waals surface area contributed by atoms with Crippen molar-refractivity contribution in [2.45, 2.75) is 26.7 Å². The summed E-state index contributed by atoms with van der Waals surface area (Å²) in [4.78, 5) is 27.8. The minimum Gasteiger partial charge on any atom is -0.433 e. The van der Waals surface area contributed by atoms with Gasteiger partial charge in [0.2, 0.25) is 0 Å². The topological polar surface area (TPSA) is 64.6 Å². The number of hydroxylamine groups is 1. The van der Waals surface area contributed by atoms with Gasteiger partial charge in [-0.2, -0.15) is 0 Å². The lowest BCUT2D eigenvalue weighted by Crippen LogP contribution is -2.24. The van der Waals surface area contributed by atoms with E-state index in [9.17, 15) is 4.79 Å². The monoisotopic (exact) mass is 397 g/mol. The number of hydrogen-bond acceptors (Lipinski definition) is 7. The highest BCUT2D eigenvalue weighted by Gasteiger charge is 2.23. The summed E-state index contributed by atoms with van der Waals surface area (Å²) in [5, 5.41) is 1.49. The third-order valence-electron chi connectivity index (χ3n) is 4.24. The predicted octanol–water partition coefficient (Wildman–Crippen LogP) is 5.49. The molecule has 0 amide bonds. The summed E-state index contributed by atoms with van der Waals surface area (Å²) in [5.41, 5.74) is 3.92. The minimum absolute atomic E-state index is 0.352. The zero-order valence-electron chi connectivity index (χ0n) is 16.2. The second-order valence-electron chi connectivity index (χ2n) is 6.25. The van der Waals surface area contributed by atoms with E-state index in [1.54, 1.807) is 43.2 Å². The third-order valence-corrected chi connectivity index (χ3v) is 5.62. The Bertz CT molecular complexity index is 913. The molecular weight excluding hydrogens is 374 g/mol. The molecule has 6 nitrogen and oxygen atoms in total. The van der Waals surface area contributed by atoms with Gasteiger partial charge in [0.25, 0.3) is 0 Å². The van der Waals surface area contributed by atoms with Gasteiger partial charge in [-0.05, 0) is 54.3 Å². The summed E-state index contributed by atoms with van der Waals surface area (Å²) in [7, 11) is 1.72. The molecule has 0 saturated carbocycles. The van der Waals surface area contributed by atoms with E-state index in [1.807, 2.05) is 38.1 Å². The zero-order chi connectivity index (χ0) is 19.9. The molecule has 28 heavy (non-hydrogen) atoms. The number of carbonyl (C=O) groups excluding carboxylic acids is 1. The number of nitrogens with zero attached hydrogens (tertiary/aromatic N) is 3. The molecule has 0 unspecified atom stereocenters. The highest BCUT2D eigenvalue weighted by Crippen LogP contribution is 2.46. The number of thiophene rings is 1. The Balaban J connectivity index is 1.96. The van der Waals surface area contributed by atoms with Gasteiger partial charge in [0.05, 0.1) is 17.2 Å². The molecule has 0 aliphatic carbocycles. The van der Waals surface area contributed by atoms with Crippen LogP contribution in [0.5, 0.6) is 0 Å². The number of rotatable bonds is 7. The average Bonchev–Trinajstić information content (AvgIpc) is 3.07. The second kappa shape index (κ2) is 9.32. The lowest BCUT2D eigenvalue weighted by Gasteiger charge is -2.19. The van der Waals surface area contributed by atoms with Crippen LogP contribution in [0, 0.1) is 6.92 Å². The Kier molecular flexibility index (Phi) is 6.60. The molecule has 0 aliphatic rings. The molecule has 0 aromatic carbocycles. The van der Waals surface area contributed by atoms with Crippen LogP contribution >= 0.6 is 11.3 Å². The number of ether oxygens (including phenoxy) is 1. The van der Waals surface area contributed by atoms with Crippen molar-refractivity contribution in [1.29, 1.82) is 0 Å². The van der Waals surface area contributed by atoms with E-state index in [0.29, 0.717) is 6.61 Å². The summed E-state index contributed by atoms with van der Waals surface area (Å²) in [5.74, 6) is 0. The summed E-state index contributed by atoms with van der Waals surface area (Å²) in [6.45, 7) is 4.41. The standard InChI is InChI=1S/C21H23N3O3S/c1-4-5-14-26-21(25)27-24(3)18-15(2)19(16-6-10-22-11-7-16)28-20(18)17-8-12-23-13-9-17/h6-13H,4-5,14H2,1-3H3. The molecule has 3 aromatic heterocycles. The van der Waals surface area contributed by atoms with E-state index >= 15 is 0 Å². The maximum absolute atomic E-state index is 12.0. The molecule has 0 radical (unpaired) electrons. The summed E-state index contributed by atoms with van der Waals surface area (Å²) in [6, 6.07) is 7.83. The molecule has 0 saturated heterocycles. The van der Waals surface area contributed by atoms with Gasteiger partial charge in [-0.3, -0.25) is 9.97 Å². The van der Waals surface area contributed by atoms with Gasteiger partial charge in [-0.1, -0.05) is 13.3 Å². The van der Waals surface area contributed by atoms with Crippen molar-refractivity contribution < 1.29 is 14.4 Å². The molecule has 0 atom stereocenters. The predicted molar refractivity (Wildman–Crippen MR) is 111 cm³/mol. The number of hydrogen-bond donors (Lipinski definition) is 0. The smallest absolute Gasteiger partial charge is 0.433 e. The first-order valence-electron chi connectivity index (χ1n) is 9.14. The quantitative estimate of drug-likeness (QED) is 0.299. The average molecular weight is 398 g/mol. The number of anilines is 1. The molecule has 0 N–H and O–H groups in total. The molecule has 0 fully saturated rings. The van der Waals surface area contributed by atoms with E-state index in [-0.39, 0.29) is 0 Å². The van der Waals surface area contributed by atoms with Crippen molar-refractivity contribution in [3.8, 4) is 20.9 Å². The van der Waals surface area contributed by atoms with Crippen LogP contribution in [0.15, 0.2) is 49.1 Å². The molecule has 7 heteroatoms. The van der Waals surface area contributed by atoms with Crippen LogP contribution in [0.25, 0.3) is 20.9 Å². The van der Waals surface area contributed by atoms with Crippen LogP contribution in [0.2, 0.25) is 0 Å². The van der Waals surface area contributed by atoms with Gasteiger partial charge in [0, 0.05) is 36.7 Å². The molecule has 0 bridgehead atoms. The van der Waals surface area contributed by atoms with E-state index in [4.69, 9.17) is 9.57 Å². The van der Waals surface area contributed by atoms with Gasteiger partial charge in [-0.25, -0.2) is 9.86 Å². The SMILES string of the molecule is CCCCOC(=O)ON(C)c1c(-c2ccncc2)sc(-c2ccncc2)c1C. The largest absolute Gasteiger partial charge is 0.533 e. The Morgan fingerprint density at radius 1 is 1.04 bits per heavy atom. The van der Waals surface area contributed by atoms with Crippen molar-refractivity contribution in [3.05, 3.63) is 54.6 Å². The lowest BCUT2D eigenvalue weighted by molar-refractivity contribution is 0.0500. The lowest BCUT2D eigenvalue weighted by atomic mass is 10.1. The molecule has 3 aromatic rings. The van der Waals surface area contributed by atoms with Gasteiger partial charge in [0.1, 0.15) is 0 Å². The van der Waals surface area contributed by atoms with Crippen LogP contribution in [0.4, 0.5) is 10.5 Å². The summed E-state index contributed by atoms with van der Waals surface area (Å²) in [6.07, 6.45) is 8.10. The summed E-state index contributed by atoms with van der Waals surface area (Å²) >= 11 is 1.64. The number of carbonyl (C=O) groups is 1. The molecule has 3 rings (SSSR count). The van der Waals surface area contributed by atoms with Gasteiger partial charge < -0.3 is 9.57 Å². The van der Waals surface area contributed by atoms with Crippen LogP contribution in [0.1, 0.15) is 25.3 Å². The van der Waals surface area contributed by atoms with E-state index in [2.05, 4.69) is 9.97 Å². The van der Waals surface area contributed by atoms with Gasteiger partial charge in [-0.15, -0.1) is 11.3 Å². The van der Waals surface area contributed by atoms with Gasteiger partial charge >= 0.3 is 6.16 Å². The molecule has 0 spiro atoms. The first kappa shape index (κ1) is 19.8. The van der Waals surface area contributed by atoms with E-state index in [0.717, 1.165) is 45.0 Å². The first-order valence-corrected chi connectivity index (χ1v) is 9.96. The molecule has 0 aliphatic heterocycles. The minimum atomic E-state index is -0.701. The maximum atomic E-state index is 12.0. The molecule has 3 heterocycles. The maximum Gasteiger partial charge on any atom is 0.533 e. The van der Waals surface area contributed by atoms with Crippen molar-refractivity contribution >= 4 is 23.2 Å². The fourth-order valence-electron chi connectivity index (χ4n) is 2.85. The fourth-order valence-corrected chi connectivity index (χ4v) is 4.19. The van der Waals surface area contributed by atoms with Crippen LogP contribution in [0.3, 0.4) is 0 Å². The van der Waals surface area contributed by atoms with Crippen molar-refractivity contribution in [2.24, 2.45) is 0 Å². The zero-order valence-corrected chi connectivity index (χ0v) is 17.0. The normalized spacial score (nSPS) is 10.5. The number of pyridine rings is 2. The van der Waals surface area contributed by atoms with E-state index in [1.165, 1.54) is 5.06 Å². The Morgan fingerprint density at radius 2 is 1.61 bits per heavy atom. The number of aromatic nitrogens is 2. The van der Waals surface area contributed by atoms with Crippen LogP contribution < -0.4 is 5.06 Å². The fraction of sp³-hybridized carbons (Fsp3) is 0.286. The van der Waals surface area contributed by atoms with Crippen molar-refractivity contribution in [3.63, 3.8) is 0 Å². The van der Waals surface area contributed by atoms with E-state index < -0.39 is 6.16 Å². The number of unbranched alkanes of at least 4 members (excludes halogenated alkanes) is 1. The first-order chi connectivity index (χ1) is 13.6. The van der Waals surface area contributed by atoms with Crippen molar-refractivity contribution in [1.82, 2.24) is 9.97 Å². The van der Waals surface area contributed by atoms with Crippen LogP contribution in [-0.2, 0) is 9.57 Å². The Hall–Kier alpha value is -2.93. The van der Waals surface area contributed by atoms with Gasteiger partial charge in [0.15, 0.2) is 0 Å². The second-order valence-corrected chi connectivity index (χ2v) is 7.27. The Labute approximate surface area is 168 Å². The highest BCUT2D eigenvalue weighted by atomic mass is 32.1. The molecule has 146 valence electrons. The third kappa shape index (κ3) is 4.48. The summed E-state index contributed by atoms with van der Waals surface area (Å²) < 4.78 is 5.13. The van der Waals surface area contributed by atoms with Crippen LogP contribution in [-0.4, -0.2) is 29.8 Å².